The number of unbranched alkanes of at least 4 members (excludes halogenated alkanes) is 1. The van der Waals surface area contributed by atoms with Crippen LogP contribution in [-0.4, -0.2) is 61.2 Å². The molecule has 46 heavy (non-hydrogen) atoms. The summed E-state index contributed by atoms with van der Waals surface area (Å²) in [5.41, 5.74) is 14.7. The number of ketones is 1. The SMILES string of the molecule is CC(N)C(=O)CCCCNN.CCn1c(-c2cccnc2C(C)OC)c(CC(C)(C)COC=O)c2cc(N3CCCCC3)ccc21. The molecule has 0 aliphatic carbocycles. The van der Waals surface area contributed by atoms with Gasteiger partial charge in [0, 0.05) is 73.5 Å². The van der Waals surface area contributed by atoms with E-state index in [2.05, 4.69) is 59.9 Å². The number of nitrogens with zero attached hydrogens (tertiary/aromatic N) is 3. The molecule has 1 saturated heterocycles. The van der Waals surface area contributed by atoms with Crippen LogP contribution in [0, 0.1) is 5.41 Å². The molecule has 2 unspecified atom stereocenters. The van der Waals surface area contributed by atoms with Gasteiger partial charge in [0.25, 0.3) is 6.47 Å². The Kier molecular flexibility index (Phi) is 14.6. The first-order chi connectivity index (χ1) is 22.1. The second-order valence-corrected chi connectivity index (χ2v) is 13.0. The molecule has 5 N–H and O–H groups in total. The molecule has 0 amide bonds. The van der Waals surface area contributed by atoms with Crippen LogP contribution in [0.15, 0.2) is 36.5 Å². The minimum atomic E-state index is -0.319. The van der Waals surface area contributed by atoms with Crippen molar-refractivity contribution in [1.29, 1.82) is 0 Å². The van der Waals surface area contributed by atoms with Gasteiger partial charge in [-0.15, -0.1) is 0 Å². The first-order valence-corrected chi connectivity index (χ1v) is 16.7. The normalized spacial score (nSPS) is 14.8. The van der Waals surface area contributed by atoms with Gasteiger partial charge in [-0.25, -0.2) is 0 Å². The number of piperidine rings is 1. The summed E-state index contributed by atoms with van der Waals surface area (Å²) in [7, 11) is 1.73. The number of rotatable bonds is 16. The van der Waals surface area contributed by atoms with E-state index < -0.39 is 0 Å². The molecule has 0 saturated carbocycles. The molecule has 2 atom stereocenters. The molecule has 1 fully saturated rings. The lowest BCUT2D eigenvalue weighted by Gasteiger charge is -2.29. The van der Waals surface area contributed by atoms with Crippen LogP contribution in [-0.2, 0) is 32.0 Å². The number of nitrogens with one attached hydrogen (secondary N) is 1. The zero-order valence-electron chi connectivity index (χ0n) is 28.8. The second kappa shape index (κ2) is 18.1. The van der Waals surface area contributed by atoms with Crippen molar-refractivity contribution in [2.45, 2.75) is 98.3 Å². The lowest BCUT2D eigenvalue weighted by atomic mass is 9.84. The van der Waals surface area contributed by atoms with Gasteiger partial charge >= 0.3 is 0 Å². The predicted molar refractivity (Wildman–Crippen MR) is 187 cm³/mol. The Bertz CT molecular complexity index is 1400. The standard InChI is InChI=1S/C29H39N3O3.C7H17N3O/c1-6-32-26-13-12-22(31-15-8-7-9-16-31)17-24(26)25(18-29(3,4)19-35-20-33)28(32)23-11-10-14-30-27(23)21(2)34-5;1-6(8)7(11)4-2-3-5-10-9/h10-14,17,20-21H,6-9,15-16,18-19H2,1-5H3;6,10H,2-5,8-9H2,1H3. The van der Waals surface area contributed by atoms with E-state index in [9.17, 15) is 9.59 Å². The number of fused-ring (bicyclic) bond motifs is 1. The molecule has 2 aromatic heterocycles. The van der Waals surface area contributed by atoms with Crippen LogP contribution >= 0.6 is 0 Å². The third kappa shape index (κ3) is 9.84. The van der Waals surface area contributed by atoms with Crippen molar-refractivity contribution in [2.24, 2.45) is 17.0 Å². The van der Waals surface area contributed by atoms with E-state index in [0.29, 0.717) is 19.5 Å². The minimum absolute atomic E-state index is 0.127. The number of ether oxygens (including phenoxy) is 2. The second-order valence-electron chi connectivity index (χ2n) is 13.0. The van der Waals surface area contributed by atoms with Gasteiger partial charge in [-0.1, -0.05) is 13.8 Å². The summed E-state index contributed by atoms with van der Waals surface area (Å²) in [6, 6.07) is 10.8. The van der Waals surface area contributed by atoms with Crippen LogP contribution < -0.4 is 21.9 Å². The molecule has 3 aromatic rings. The molecule has 1 aliphatic heterocycles. The molecule has 1 aromatic carbocycles. The number of anilines is 1. The largest absolute Gasteiger partial charge is 0.467 e. The summed E-state index contributed by atoms with van der Waals surface area (Å²) in [6.07, 6.45) is 8.65. The van der Waals surface area contributed by atoms with E-state index in [1.54, 1.807) is 14.0 Å². The van der Waals surface area contributed by atoms with Gasteiger partial charge in [-0.3, -0.25) is 25.8 Å². The molecule has 4 rings (SSSR count). The van der Waals surface area contributed by atoms with Crippen molar-refractivity contribution in [3.05, 3.63) is 47.8 Å². The topological polar surface area (TPSA) is 138 Å². The van der Waals surface area contributed by atoms with Crippen LogP contribution in [0.1, 0.15) is 90.5 Å². The quantitative estimate of drug-likeness (QED) is 0.0783. The molecule has 10 nitrogen and oxygen atoms in total. The number of Topliss-reactive ketones (excluding diaryl/α,β-unsaturated/α-hetero) is 1. The zero-order chi connectivity index (χ0) is 33.7. The summed E-state index contributed by atoms with van der Waals surface area (Å²) in [5.74, 6) is 5.17. The summed E-state index contributed by atoms with van der Waals surface area (Å²) in [5, 5.41) is 1.27. The summed E-state index contributed by atoms with van der Waals surface area (Å²) < 4.78 is 13.3. The highest BCUT2D eigenvalue weighted by Crippen LogP contribution is 2.41. The fourth-order valence-electron chi connectivity index (χ4n) is 6.17. The van der Waals surface area contributed by atoms with Crippen LogP contribution in [0.2, 0.25) is 0 Å². The number of nitrogens with two attached hydrogens (primary N) is 2. The van der Waals surface area contributed by atoms with Crippen molar-refractivity contribution < 1.29 is 19.1 Å². The number of methoxy groups -OCH3 is 1. The third-order valence-electron chi connectivity index (χ3n) is 8.72. The maximum absolute atomic E-state index is 11.0. The summed E-state index contributed by atoms with van der Waals surface area (Å²) >= 11 is 0. The van der Waals surface area contributed by atoms with E-state index in [0.717, 1.165) is 56.7 Å². The molecule has 0 radical (unpaired) electrons. The van der Waals surface area contributed by atoms with Gasteiger partial charge in [-0.2, -0.15) is 0 Å². The summed E-state index contributed by atoms with van der Waals surface area (Å²) in [4.78, 5) is 29.1. The number of carbonyl (C=O) groups is 2. The number of carbonyl (C=O) groups excluding carboxylic acids is 2. The average molecular weight is 637 g/mol. The van der Waals surface area contributed by atoms with Crippen LogP contribution in [0.4, 0.5) is 5.69 Å². The Morgan fingerprint density at radius 3 is 2.52 bits per heavy atom. The first-order valence-electron chi connectivity index (χ1n) is 16.7. The van der Waals surface area contributed by atoms with Crippen LogP contribution in [0.5, 0.6) is 0 Å². The number of hydrogen-bond acceptors (Lipinski definition) is 9. The Morgan fingerprint density at radius 2 is 1.89 bits per heavy atom. The van der Waals surface area contributed by atoms with E-state index in [1.165, 1.54) is 47.1 Å². The Morgan fingerprint density at radius 1 is 1.15 bits per heavy atom. The van der Waals surface area contributed by atoms with Gasteiger partial charge < -0.3 is 24.7 Å². The maximum Gasteiger partial charge on any atom is 0.293 e. The van der Waals surface area contributed by atoms with Crippen LogP contribution in [0.3, 0.4) is 0 Å². The Labute approximate surface area is 275 Å². The van der Waals surface area contributed by atoms with Gasteiger partial charge in [0.05, 0.1) is 30.1 Å². The smallest absolute Gasteiger partial charge is 0.293 e. The fraction of sp³-hybridized carbons (Fsp3) is 0.583. The molecular formula is C36H56N6O4. The van der Waals surface area contributed by atoms with Gasteiger partial charge in [0.1, 0.15) is 5.78 Å². The highest BCUT2D eigenvalue weighted by molar-refractivity contribution is 5.94. The van der Waals surface area contributed by atoms with E-state index >= 15 is 0 Å². The number of aryl methyl sites for hydroxylation is 1. The third-order valence-corrected chi connectivity index (χ3v) is 8.72. The number of pyridine rings is 1. The highest BCUT2D eigenvalue weighted by Gasteiger charge is 2.28. The van der Waals surface area contributed by atoms with Gasteiger partial charge in [0.2, 0.25) is 0 Å². The van der Waals surface area contributed by atoms with Crippen molar-refractivity contribution in [2.75, 3.05) is 38.3 Å². The molecule has 254 valence electrons. The average Bonchev–Trinajstić information content (AvgIpc) is 3.37. The van der Waals surface area contributed by atoms with E-state index in [4.69, 9.17) is 26.0 Å². The van der Waals surface area contributed by atoms with Crippen molar-refractivity contribution in [3.63, 3.8) is 0 Å². The molecular weight excluding hydrogens is 580 g/mol. The number of aromatic nitrogens is 2. The van der Waals surface area contributed by atoms with Crippen molar-refractivity contribution in [3.8, 4) is 11.3 Å². The summed E-state index contributed by atoms with van der Waals surface area (Å²) in [6.45, 7) is 15.0. The molecule has 0 bridgehead atoms. The van der Waals surface area contributed by atoms with E-state index in [-0.39, 0.29) is 23.3 Å². The monoisotopic (exact) mass is 636 g/mol. The Hall–Kier alpha value is -3.31. The minimum Gasteiger partial charge on any atom is -0.467 e. The van der Waals surface area contributed by atoms with Gasteiger partial charge in [-0.05, 0) is 95.2 Å². The number of hydrogen-bond donors (Lipinski definition) is 3. The molecule has 10 heteroatoms. The van der Waals surface area contributed by atoms with Gasteiger partial charge in [0.15, 0.2) is 0 Å². The highest BCUT2D eigenvalue weighted by atomic mass is 16.5. The predicted octanol–water partition coefficient (Wildman–Crippen LogP) is 5.70. The maximum atomic E-state index is 11.0. The lowest BCUT2D eigenvalue weighted by molar-refractivity contribution is -0.131. The molecule has 1 aliphatic rings. The molecule has 3 heterocycles. The van der Waals surface area contributed by atoms with Crippen LogP contribution in [0.25, 0.3) is 22.2 Å². The molecule has 0 spiro atoms. The van der Waals surface area contributed by atoms with Crippen molar-refractivity contribution in [1.82, 2.24) is 15.0 Å². The fourth-order valence-corrected chi connectivity index (χ4v) is 6.17. The number of hydrazine groups is 1. The Balaban J connectivity index is 0.000000449. The first kappa shape index (κ1) is 37.2. The van der Waals surface area contributed by atoms with E-state index in [1.807, 2.05) is 19.2 Å². The van der Waals surface area contributed by atoms with Crippen molar-refractivity contribution >= 4 is 28.8 Å². The zero-order valence-corrected chi connectivity index (χ0v) is 28.8. The lowest BCUT2D eigenvalue weighted by Crippen LogP contribution is -2.29. The number of benzene rings is 1.